The lowest BCUT2D eigenvalue weighted by atomic mass is 9.92. The maximum atomic E-state index is 11.8. The summed E-state index contributed by atoms with van der Waals surface area (Å²) < 4.78 is 15.6. The maximum Gasteiger partial charge on any atom is 0.326 e. The van der Waals surface area contributed by atoms with Crippen LogP contribution in [0.1, 0.15) is 26.7 Å². The molecule has 1 heterocycles. The van der Waals surface area contributed by atoms with Crippen LogP contribution in [0.25, 0.3) is 0 Å². The molecule has 5 nitrogen and oxygen atoms in total. The zero-order valence-electron chi connectivity index (χ0n) is 10.7. The van der Waals surface area contributed by atoms with Crippen molar-refractivity contribution < 1.29 is 19.0 Å². The van der Waals surface area contributed by atoms with Crippen LogP contribution in [0, 0.1) is 5.92 Å². The number of carbonyl (C=O) groups excluding carboxylic acids is 1. The molecule has 1 fully saturated rings. The highest BCUT2D eigenvalue weighted by atomic mass is 16.6. The predicted molar refractivity (Wildman–Crippen MR) is 63.6 cm³/mol. The summed E-state index contributed by atoms with van der Waals surface area (Å²) in [5.74, 6) is 0.149. The summed E-state index contributed by atoms with van der Waals surface area (Å²) in [4.78, 5) is 11.8. The molecular weight excluding hydrogens is 222 g/mol. The molecule has 0 unspecified atom stereocenters. The Morgan fingerprint density at radius 1 is 1.35 bits per heavy atom. The lowest BCUT2D eigenvalue weighted by molar-refractivity contribution is -0.155. The van der Waals surface area contributed by atoms with Crippen LogP contribution in [-0.2, 0) is 19.0 Å². The Bertz CT molecular complexity index is 237. The molecule has 0 atom stereocenters. The van der Waals surface area contributed by atoms with Gasteiger partial charge in [0.25, 0.3) is 0 Å². The van der Waals surface area contributed by atoms with E-state index in [1.165, 1.54) is 0 Å². The smallest absolute Gasteiger partial charge is 0.326 e. The maximum absolute atomic E-state index is 11.8. The van der Waals surface area contributed by atoms with Crippen LogP contribution in [0.3, 0.4) is 0 Å². The summed E-state index contributed by atoms with van der Waals surface area (Å²) in [7, 11) is 0. The molecular formula is C12H23NO4. The molecule has 0 aromatic rings. The molecule has 100 valence electrons. The van der Waals surface area contributed by atoms with E-state index in [0.717, 1.165) is 0 Å². The van der Waals surface area contributed by atoms with E-state index < -0.39 is 5.54 Å². The Labute approximate surface area is 103 Å². The topological polar surface area (TPSA) is 70.8 Å². The van der Waals surface area contributed by atoms with Crippen molar-refractivity contribution in [3.63, 3.8) is 0 Å². The van der Waals surface area contributed by atoms with Crippen LogP contribution in [-0.4, -0.2) is 44.5 Å². The van der Waals surface area contributed by atoms with Crippen molar-refractivity contribution in [2.75, 3.05) is 33.0 Å². The van der Waals surface area contributed by atoms with Gasteiger partial charge in [-0.3, -0.25) is 4.79 Å². The van der Waals surface area contributed by atoms with Gasteiger partial charge in [0.1, 0.15) is 12.1 Å². The van der Waals surface area contributed by atoms with Gasteiger partial charge < -0.3 is 19.9 Å². The first-order chi connectivity index (χ1) is 8.04. The van der Waals surface area contributed by atoms with E-state index >= 15 is 0 Å². The van der Waals surface area contributed by atoms with Crippen LogP contribution in [0.15, 0.2) is 0 Å². The molecule has 0 aromatic heterocycles. The molecule has 1 saturated heterocycles. The van der Waals surface area contributed by atoms with Crippen LogP contribution in [0.5, 0.6) is 0 Å². The summed E-state index contributed by atoms with van der Waals surface area (Å²) >= 11 is 0. The van der Waals surface area contributed by atoms with Gasteiger partial charge in [0.15, 0.2) is 0 Å². The fraction of sp³-hybridized carbons (Fsp3) is 0.917. The van der Waals surface area contributed by atoms with Crippen LogP contribution in [0.4, 0.5) is 0 Å². The minimum absolute atomic E-state index is 0.269. The molecule has 0 saturated carbocycles. The third kappa shape index (κ3) is 5.02. The fourth-order valence-electron chi connectivity index (χ4n) is 1.60. The molecule has 0 aliphatic carbocycles. The summed E-state index contributed by atoms with van der Waals surface area (Å²) in [6.45, 7) is 6.57. The monoisotopic (exact) mass is 245 g/mol. The van der Waals surface area contributed by atoms with Crippen molar-refractivity contribution >= 4 is 5.97 Å². The molecule has 1 aliphatic rings. The van der Waals surface area contributed by atoms with Gasteiger partial charge in [0.05, 0.1) is 6.61 Å². The normalized spacial score (nSPS) is 19.3. The number of nitrogens with two attached hydrogens (primary N) is 1. The third-order valence-electron chi connectivity index (χ3n) is 2.70. The summed E-state index contributed by atoms with van der Waals surface area (Å²) in [5, 5.41) is 0. The van der Waals surface area contributed by atoms with E-state index in [0.29, 0.717) is 45.2 Å². The van der Waals surface area contributed by atoms with Crippen LogP contribution in [0.2, 0.25) is 0 Å². The number of hydrogen-bond donors (Lipinski definition) is 1. The van der Waals surface area contributed by atoms with E-state index in [4.69, 9.17) is 19.9 Å². The van der Waals surface area contributed by atoms with Gasteiger partial charge in [-0.25, -0.2) is 0 Å². The van der Waals surface area contributed by atoms with Gasteiger partial charge >= 0.3 is 5.97 Å². The van der Waals surface area contributed by atoms with E-state index in [9.17, 15) is 4.79 Å². The van der Waals surface area contributed by atoms with Crippen molar-refractivity contribution in [3.8, 4) is 0 Å². The third-order valence-corrected chi connectivity index (χ3v) is 2.70. The Balaban J connectivity index is 2.15. The Hall–Kier alpha value is -0.650. The number of esters is 1. The zero-order chi connectivity index (χ0) is 12.7. The molecule has 0 amide bonds. The van der Waals surface area contributed by atoms with E-state index in [2.05, 4.69) is 13.8 Å². The summed E-state index contributed by atoms with van der Waals surface area (Å²) in [6.07, 6.45) is 1.05. The number of carbonyl (C=O) groups is 1. The summed E-state index contributed by atoms with van der Waals surface area (Å²) in [5.41, 5.74) is 5.11. The first-order valence-electron chi connectivity index (χ1n) is 6.16. The Morgan fingerprint density at radius 3 is 2.59 bits per heavy atom. The quantitative estimate of drug-likeness (QED) is 0.551. The van der Waals surface area contributed by atoms with Crippen molar-refractivity contribution in [2.24, 2.45) is 11.7 Å². The highest BCUT2D eigenvalue weighted by molar-refractivity contribution is 5.80. The largest absolute Gasteiger partial charge is 0.462 e. The van der Waals surface area contributed by atoms with Gasteiger partial charge in [-0.2, -0.15) is 0 Å². The molecule has 1 rings (SSSR count). The average Bonchev–Trinajstić information content (AvgIpc) is 2.29. The molecule has 17 heavy (non-hydrogen) atoms. The molecule has 0 spiro atoms. The molecule has 1 aliphatic heterocycles. The zero-order valence-corrected chi connectivity index (χ0v) is 10.7. The minimum atomic E-state index is -0.865. The molecule has 5 heteroatoms. The SMILES string of the molecule is CC(C)COCCOC(=O)C1(N)CCOCC1. The lowest BCUT2D eigenvalue weighted by Crippen LogP contribution is -2.53. The summed E-state index contributed by atoms with van der Waals surface area (Å²) in [6, 6.07) is 0. The highest BCUT2D eigenvalue weighted by Gasteiger charge is 2.37. The molecule has 0 bridgehead atoms. The number of ether oxygens (including phenoxy) is 3. The van der Waals surface area contributed by atoms with Crippen molar-refractivity contribution in [1.82, 2.24) is 0 Å². The van der Waals surface area contributed by atoms with Gasteiger partial charge in [-0.15, -0.1) is 0 Å². The van der Waals surface area contributed by atoms with Gasteiger partial charge in [0.2, 0.25) is 0 Å². The minimum Gasteiger partial charge on any atom is -0.462 e. The average molecular weight is 245 g/mol. The second-order valence-electron chi connectivity index (χ2n) is 4.87. The van der Waals surface area contributed by atoms with Gasteiger partial charge in [0, 0.05) is 19.8 Å². The van der Waals surface area contributed by atoms with Gasteiger partial charge in [-0.05, 0) is 18.8 Å². The second kappa shape index (κ2) is 6.93. The van der Waals surface area contributed by atoms with Crippen molar-refractivity contribution in [3.05, 3.63) is 0 Å². The number of hydrogen-bond acceptors (Lipinski definition) is 5. The van der Waals surface area contributed by atoms with E-state index in [-0.39, 0.29) is 12.6 Å². The van der Waals surface area contributed by atoms with Crippen LogP contribution < -0.4 is 5.73 Å². The highest BCUT2D eigenvalue weighted by Crippen LogP contribution is 2.19. The van der Waals surface area contributed by atoms with Crippen molar-refractivity contribution in [2.45, 2.75) is 32.2 Å². The van der Waals surface area contributed by atoms with E-state index in [1.54, 1.807) is 0 Å². The molecule has 0 radical (unpaired) electrons. The van der Waals surface area contributed by atoms with Crippen molar-refractivity contribution in [1.29, 1.82) is 0 Å². The van der Waals surface area contributed by atoms with E-state index in [1.807, 2.05) is 0 Å². The van der Waals surface area contributed by atoms with Crippen LogP contribution >= 0.6 is 0 Å². The first-order valence-corrected chi connectivity index (χ1v) is 6.16. The first kappa shape index (κ1) is 14.4. The van der Waals surface area contributed by atoms with Gasteiger partial charge in [-0.1, -0.05) is 13.8 Å². The number of rotatable bonds is 6. The Morgan fingerprint density at radius 2 is 2.00 bits per heavy atom. The predicted octanol–water partition coefficient (Wildman–Crippen LogP) is 0.710. The second-order valence-corrected chi connectivity index (χ2v) is 4.87. The fourth-order valence-corrected chi connectivity index (χ4v) is 1.60. The Kier molecular flexibility index (Phi) is 5.88. The standard InChI is InChI=1S/C12H23NO4/c1-10(2)9-16-7-8-17-11(14)12(13)3-5-15-6-4-12/h10H,3-9,13H2,1-2H3. The molecule has 2 N–H and O–H groups in total. The molecule has 0 aromatic carbocycles. The lowest BCUT2D eigenvalue weighted by Gasteiger charge is -2.30.